The molecule has 132 valence electrons. The van der Waals surface area contributed by atoms with Gasteiger partial charge in [0.1, 0.15) is 5.69 Å². The summed E-state index contributed by atoms with van der Waals surface area (Å²) in [5.74, 6) is -0.306. The van der Waals surface area contributed by atoms with E-state index in [1.165, 1.54) is 15.4 Å². The fourth-order valence-electron chi connectivity index (χ4n) is 2.22. The van der Waals surface area contributed by atoms with Gasteiger partial charge in [-0.3, -0.25) is 14.5 Å². The van der Waals surface area contributed by atoms with Gasteiger partial charge >= 0.3 is 5.69 Å². The van der Waals surface area contributed by atoms with Crippen molar-refractivity contribution in [2.24, 2.45) is 5.92 Å². The van der Waals surface area contributed by atoms with Crippen molar-refractivity contribution in [3.8, 4) is 0 Å². The lowest BCUT2D eigenvalue weighted by molar-refractivity contribution is 0.140. The summed E-state index contributed by atoms with van der Waals surface area (Å²) >= 11 is 0. The van der Waals surface area contributed by atoms with E-state index in [4.69, 9.17) is 15.3 Å². The normalized spacial score (nSPS) is 11.3. The van der Waals surface area contributed by atoms with E-state index in [2.05, 4.69) is 15.3 Å². The average Bonchev–Trinajstić information content (AvgIpc) is 3.04. The summed E-state index contributed by atoms with van der Waals surface area (Å²) in [6.45, 7) is 0.126. The van der Waals surface area contributed by atoms with Gasteiger partial charge < -0.3 is 19.9 Å². The van der Waals surface area contributed by atoms with Crippen molar-refractivity contribution < 1.29 is 15.3 Å². The lowest BCUT2D eigenvalue weighted by Gasteiger charge is -2.12. The SMILES string of the molecule is O=c1[nH]c(=O)n(CCC(CO)CO)cc1CCn1cc(CO)nn1. The predicted molar refractivity (Wildman–Crippen MR) is 83.3 cm³/mol. The fourth-order valence-corrected chi connectivity index (χ4v) is 2.22. The van der Waals surface area contributed by atoms with Crippen LogP contribution in [0, 0.1) is 5.92 Å². The first-order chi connectivity index (χ1) is 11.6. The number of aliphatic hydroxyl groups excluding tert-OH is 3. The summed E-state index contributed by atoms with van der Waals surface area (Å²) in [6, 6.07) is 0. The molecular weight excluding hydrogens is 318 g/mol. The Morgan fingerprint density at radius 3 is 2.50 bits per heavy atom. The average molecular weight is 339 g/mol. The van der Waals surface area contributed by atoms with Crippen LogP contribution in [-0.2, 0) is 26.1 Å². The van der Waals surface area contributed by atoms with Crippen LogP contribution in [0.15, 0.2) is 22.0 Å². The van der Waals surface area contributed by atoms with E-state index in [-0.39, 0.29) is 32.3 Å². The third kappa shape index (κ3) is 4.60. The summed E-state index contributed by atoms with van der Waals surface area (Å²) in [5.41, 5.74) is -0.130. The Hall–Kier alpha value is -2.30. The maximum atomic E-state index is 11.9. The number of aromatic amines is 1. The van der Waals surface area contributed by atoms with Crippen LogP contribution in [0.1, 0.15) is 17.7 Å². The molecule has 2 rings (SSSR count). The smallest absolute Gasteiger partial charge is 0.328 e. The van der Waals surface area contributed by atoms with Crippen molar-refractivity contribution in [1.82, 2.24) is 24.5 Å². The number of rotatable bonds is 9. The van der Waals surface area contributed by atoms with Crippen LogP contribution in [-0.4, -0.2) is 53.1 Å². The number of H-pyrrole nitrogens is 1. The van der Waals surface area contributed by atoms with Gasteiger partial charge in [0.25, 0.3) is 5.56 Å². The molecule has 0 aliphatic carbocycles. The van der Waals surface area contributed by atoms with Crippen LogP contribution in [0.2, 0.25) is 0 Å². The molecule has 0 saturated carbocycles. The highest BCUT2D eigenvalue weighted by atomic mass is 16.3. The second-order valence-corrected chi connectivity index (χ2v) is 5.51. The molecule has 0 bridgehead atoms. The van der Waals surface area contributed by atoms with Gasteiger partial charge in [-0.15, -0.1) is 5.10 Å². The van der Waals surface area contributed by atoms with E-state index in [1.807, 2.05) is 0 Å². The van der Waals surface area contributed by atoms with Crippen LogP contribution in [0.4, 0.5) is 0 Å². The van der Waals surface area contributed by atoms with Crippen molar-refractivity contribution >= 4 is 0 Å². The van der Waals surface area contributed by atoms with Gasteiger partial charge in [-0.2, -0.15) is 0 Å². The fraction of sp³-hybridized carbons (Fsp3) is 0.571. The van der Waals surface area contributed by atoms with Crippen LogP contribution in [0.25, 0.3) is 0 Å². The van der Waals surface area contributed by atoms with Crippen molar-refractivity contribution in [3.63, 3.8) is 0 Å². The quantitative estimate of drug-likeness (QED) is 0.407. The zero-order valence-corrected chi connectivity index (χ0v) is 13.1. The molecule has 0 radical (unpaired) electrons. The second-order valence-electron chi connectivity index (χ2n) is 5.51. The molecule has 0 spiro atoms. The Balaban J connectivity index is 2.07. The van der Waals surface area contributed by atoms with Gasteiger partial charge in [0.2, 0.25) is 0 Å². The van der Waals surface area contributed by atoms with Crippen LogP contribution < -0.4 is 11.2 Å². The largest absolute Gasteiger partial charge is 0.396 e. The van der Waals surface area contributed by atoms with Crippen LogP contribution >= 0.6 is 0 Å². The first kappa shape index (κ1) is 18.0. The molecule has 0 amide bonds. The highest BCUT2D eigenvalue weighted by Crippen LogP contribution is 2.03. The molecular formula is C14H21N5O5. The number of nitrogens with one attached hydrogen (secondary N) is 1. The number of aryl methyl sites for hydroxylation is 3. The maximum Gasteiger partial charge on any atom is 0.328 e. The zero-order chi connectivity index (χ0) is 17.5. The summed E-state index contributed by atoms with van der Waals surface area (Å²) in [7, 11) is 0. The van der Waals surface area contributed by atoms with E-state index in [0.29, 0.717) is 30.6 Å². The molecule has 0 saturated heterocycles. The van der Waals surface area contributed by atoms with Crippen LogP contribution in [0.5, 0.6) is 0 Å². The highest BCUT2D eigenvalue weighted by Gasteiger charge is 2.09. The Bertz CT molecular complexity index is 761. The number of nitrogens with zero attached hydrogens (tertiary/aromatic N) is 4. The van der Waals surface area contributed by atoms with Crippen LogP contribution in [0.3, 0.4) is 0 Å². The molecule has 2 heterocycles. The summed E-state index contributed by atoms with van der Waals surface area (Å²) in [6.07, 6.45) is 3.82. The standard InChI is InChI=1S/C14H21N5O5/c20-7-10(8-21)1-3-18-5-11(13(23)15-14(18)24)2-4-19-6-12(9-22)16-17-19/h5-6,10,20-22H,1-4,7-9H2,(H,15,23,24). The molecule has 0 aliphatic rings. The minimum atomic E-state index is -0.526. The van der Waals surface area contributed by atoms with E-state index < -0.39 is 11.2 Å². The van der Waals surface area contributed by atoms with Crippen molar-refractivity contribution in [2.75, 3.05) is 13.2 Å². The summed E-state index contributed by atoms with van der Waals surface area (Å²) in [5, 5.41) is 34.6. The molecule has 0 aromatic carbocycles. The molecule has 24 heavy (non-hydrogen) atoms. The molecule has 0 fully saturated rings. The Morgan fingerprint density at radius 2 is 1.88 bits per heavy atom. The Kier molecular flexibility index (Phi) is 6.41. The summed E-state index contributed by atoms with van der Waals surface area (Å²) in [4.78, 5) is 26.0. The van der Waals surface area contributed by atoms with E-state index in [9.17, 15) is 9.59 Å². The van der Waals surface area contributed by atoms with Crippen molar-refractivity contribution in [3.05, 3.63) is 44.5 Å². The molecule has 0 unspecified atom stereocenters. The van der Waals surface area contributed by atoms with Gasteiger partial charge in [-0.1, -0.05) is 5.21 Å². The summed E-state index contributed by atoms with van der Waals surface area (Å²) < 4.78 is 2.86. The highest BCUT2D eigenvalue weighted by molar-refractivity contribution is 5.05. The topological polar surface area (TPSA) is 146 Å². The number of hydrogen-bond donors (Lipinski definition) is 4. The number of aliphatic hydroxyl groups is 3. The second kappa shape index (κ2) is 8.52. The molecule has 10 nitrogen and oxygen atoms in total. The van der Waals surface area contributed by atoms with E-state index in [1.54, 1.807) is 6.20 Å². The molecule has 2 aromatic rings. The minimum Gasteiger partial charge on any atom is -0.396 e. The third-order valence-electron chi connectivity index (χ3n) is 3.74. The molecule has 2 aromatic heterocycles. The van der Waals surface area contributed by atoms with Crippen molar-refractivity contribution in [1.29, 1.82) is 0 Å². The van der Waals surface area contributed by atoms with E-state index in [0.717, 1.165) is 0 Å². The van der Waals surface area contributed by atoms with Gasteiger partial charge in [0.05, 0.1) is 12.8 Å². The first-order valence-electron chi connectivity index (χ1n) is 7.61. The lowest BCUT2D eigenvalue weighted by Crippen LogP contribution is -2.33. The molecule has 4 N–H and O–H groups in total. The predicted octanol–water partition coefficient (Wildman–Crippen LogP) is -2.15. The monoisotopic (exact) mass is 339 g/mol. The lowest BCUT2D eigenvalue weighted by atomic mass is 10.1. The maximum absolute atomic E-state index is 11.9. The third-order valence-corrected chi connectivity index (χ3v) is 3.74. The van der Waals surface area contributed by atoms with E-state index >= 15 is 0 Å². The number of aromatic nitrogens is 5. The first-order valence-corrected chi connectivity index (χ1v) is 7.61. The van der Waals surface area contributed by atoms with Gasteiger partial charge in [0.15, 0.2) is 0 Å². The Morgan fingerprint density at radius 1 is 1.12 bits per heavy atom. The van der Waals surface area contributed by atoms with Gasteiger partial charge in [-0.05, 0) is 12.8 Å². The molecule has 0 atom stereocenters. The molecule has 0 aliphatic heterocycles. The number of hydrogen-bond acceptors (Lipinski definition) is 7. The zero-order valence-electron chi connectivity index (χ0n) is 13.1. The van der Waals surface area contributed by atoms with Gasteiger partial charge in [0, 0.05) is 44.0 Å². The van der Waals surface area contributed by atoms with Gasteiger partial charge in [-0.25, -0.2) is 4.79 Å². The Labute approximate surface area is 137 Å². The minimum absolute atomic E-state index is 0.166. The van der Waals surface area contributed by atoms with Crippen molar-refractivity contribution in [2.45, 2.75) is 32.5 Å². The molecule has 10 heteroatoms.